The number of nitrogens with one attached hydrogen (secondary N) is 1. The molecule has 0 bridgehead atoms. The van der Waals surface area contributed by atoms with Crippen LogP contribution in [-0.4, -0.2) is 15.0 Å². The molecule has 0 aliphatic heterocycles. The second-order valence-corrected chi connectivity index (χ2v) is 5.84. The molecule has 2 heterocycles. The Labute approximate surface area is 133 Å². The average Bonchev–Trinajstić information content (AvgIpc) is 3.01. The van der Waals surface area contributed by atoms with Crippen LogP contribution in [0.25, 0.3) is 10.2 Å². The van der Waals surface area contributed by atoms with Crippen molar-refractivity contribution in [1.29, 1.82) is 0 Å². The van der Waals surface area contributed by atoms with Crippen LogP contribution in [0.4, 0.5) is 10.1 Å². The van der Waals surface area contributed by atoms with E-state index in [9.17, 15) is 18.8 Å². The van der Waals surface area contributed by atoms with Crippen molar-refractivity contribution in [2.24, 2.45) is 7.05 Å². The number of rotatable bonds is 3. The Bertz CT molecular complexity index is 1000. The number of anilines is 1. The molecule has 0 fully saturated rings. The molecule has 118 valence electrons. The third-order valence-corrected chi connectivity index (χ3v) is 4.27. The first-order valence-electron chi connectivity index (χ1n) is 6.70. The van der Waals surface area contributed by atoms with Gasteiger partial charge in [-0.15, -0.1) is 11.3 Å². The van der Waals surface area contributed by atoms with Crippen molar-refractivity contribution in [2.45, 2.75) is 6.54 Å². The third-order valence-electron chi connectivity index (χ3n) is 3.38. The number of hydrogen-bond acceptors (Lipinski definition) is 4. The zero-order valence-corrected chi connectivity index (χ0v) is 12.9. The zero-order valence-electron chi connectivity index (χ0n) is 12.1. The Hall–Kier alpha value is -2.74. The molecule has 8 heteroatoms. The number of halogens is 1. The summed E-state index contributed by atoms with van der Waals surface area (Å²) in [7, 11) is 1.37. The Morgan fingerprint density at radius 1 is 1.22 bits per heavy atom. The minimum Gasteiger partial charge on any atom is -0.325 e. The van der Waals surface area contributed by atoms with Gasteiger partial charge in [0, 0.05) is 12.7 Å². The second kappa shape index (κ2) is 5.81. The lowest BCUT2D eigenvalue weighted by molar-refractivity contribution is -0.116. The summed E-state index contributed by atoms with van der Waals surface area (Å²) in [5, 5.41) is 4.28. The maximum absolute atomic E-state index is 12.9. The minimum absolute atomic E-state index is 0.239. The molecule has 0 aliphatic carbocycles. The maximum atomic E-state index is 12.9. The first-order chi connectivity index (χ1) is 11.0. The van der Waals surface area contributed by atoms with Crippen molar-refractivity contribution in [3.05, 3.63) is 62.4 Å². The van der Waals surface area contributed by atoms with E-state index in [2.05, 4.69) is 5.32 Å². The van der Waals surface area contributed by atoms with E-state index in [0.717, 1.165) is 4.57 Å². The highest BCUT2D eigenvalue weighted by molar-refractivity contribution is 7.17. The van der Waals surface area contributed by atoms with E-state index in [1.54, 1.807) is 11.4 Å². The fourth-order valence-electron chi connectivity index (χ4n) is 2.23. The molecular formula is C15H12FN3O3S. The molecule has 23 heavy (non-hydrogen) atoms. The van der Waals surface area contributed by atoms with Gasteiger partial charge in [-0.3, -0.25) is 18.7 Å². The molecule has 1 N–H and O–H groups in total. The van der Waals surface area contributed by atoms with Crippen molar-refractivity contribution in [3.63, 3.8) is 0 Å². The summed E-state index contributed by atoms with van der Waals surface area (Å²) in [4.78, 5) is 36.4. The van der Waals surface area contributed by atoms with E-state index in [1.165, 1.54) is 47.2 Å². The van der Waals surface area contributed by atoms with Gasteiger partial charge in [-0.2, -0.15) is 0 Å². The summed E-state index contributed by atoms with van der Waals surface area (Å²) in [5.74, 6) is -0.845. The van der Waals surface area contributed by atoms with E-state index in [0.29, 0.717) is 15.9 Å². The van der Waals surface area contributed by atoms with Gasteiger partial charge >= 0.3 is 5.69 Å². The quantitative estimate of drug-likeness (QED) is 0.790. The van der Waals surface area contributed by atoms with Crippen LogP contribution in [-0.2, 0) is 18.4 Å². The Kier molecular flexibility index (Phi) is 3.83. The van der Waals surface area contributed by atoms with Gasteiger partial charge in [-0.25, -0.2) is 9.18 Å². The molecule has 1 amide bonds. The van der Waals surface area contributed by atoms with Crippen LogP contribution in [0, 0.1) is 5.82 Å². The van der Waals surface area contributed by atoms with E-state index in [-0.39, 0.29) is 12.1 Å². The summed E-state index contributed by atoms with van der Waals surface area (Å²) >= 11 is 1.22. The molecule has 0 saturated carbocycles. The van der Waals surface area contributed by atoms with Crippen LogP contribution in [0.5, 0.6) is 0 Å². The Morgan fingerprint density at radius 3 is 2.61 bits per heavy atom. The molecule has 1 aromatic carbocycles. The molecule has 3 aromatic rings. The zero-order chi connectivity index (χ0) is 16.6. The predicted octanol–water partition coefficient (Wildman–Crippen LogP) is 1.54. The van der Waals surface area contributed by atoms with Crippen molar-refractivity contribution in [2.75, 3.05) is 5.32 Å². The molecule has 0 radical (unpaired) electrons. The largest absolute Gasteiger partial charge is 0.331 e. The van der Waals surface area contributed by atoms with Crippen LogP contribution in [0.2, 0.25) is 0 Å². The van der Waals surface area contributed by atoms with Gasteiger partial charge in [-0.05, 0) is 35.7 Å². The molecule has 0 aliphatic rings. The third kappa shape index (κ3) is 2.80. The second-order valence-electron chi connectivity index (χ2n) is 4.92. The molecule has 0 atom stereocenters. The van der Waals surface area contributed by atoms with Gasteiger partial charge in [-0.1, -0.05) is 0 Å². The van der Waals surface area contributed by atoms with Crippen LogP contribution in [0.1, 0.15) is 0 Å². The summed E-state index contributed by atoms with van der Waals surface area (Å²) in [6, 6.07) is 6.94. The smallest absolute Gasteiger partial charge is 0.325 e. The molecule has 2 aromatic heterocycles. The fraction of sp³-hybridized carbons (Fsp3) is 0.133. The summed E-state index contributed by atoms with van der Waals surface area (Å²) in [6.07, 6.45) is 0. The topological polar surface area (TPSA) is 73.1 Å². The number of nitrogens with zero attached hydrogens (tertiary/aromatic N) is 2. The molecule has 6 nitrogen and oxygen atoms in total. The first-order valence-corrected chi connectivity index (χ1v) is 7.58. The van der Waals surface area contributed by atoms with Gasteiger partial charge in [0.05, 0.1) is 5.52 Å². The highest BCUT2D eigenvalue weighted by Crippen LogP contribution is 2.15. The lowest BCUT2D eigenvalue weighted by Gasteiger charge is -2.10. The van der Waals surface area contributed by atoms with Crippen molar-refractivity contribution >= 4 is 33.1 Å². The Morgan fingerprint density at radius 2 is 1.91 bits per heavy atom. The summed E-state index contributed by atoms with van der Waals surface area (Å²) in [5.41, 5.74) is -0.0847. The van der Waals surface area contributed by atoms with Gasteiger partial charge in [0.15, 0.2) is 0 Å². The number of benzene rings is 1. The molecule has 0 saturated heterocycles. The van der Waals surface area contributed by atoms with Gasteiger partial charge in [0.25, 0.3) is 5.56 Å². The van der Waals surface area contributed by atoms with E-state index in [4.69, 9.17) is 0 Å². The maximum Gasteiger partial charge on any atom is 0.331 e. The highest BCUT2D eigenvalue weighted by atomic mass is 32.1. The summed E-state index contributed by atoms with van der Waals surface area (Å²) < 4.78 is 15.5. The SMILES string of the molecule is Cn1c(=O)c2sccc2n(CC(=O)Nc2ccc(F)cc2)c1=O. The van der Waals surface area contributed by atoms with Crippen LogP contribution in [0.15, 0.2) is 45.3 Å². The minimum atomic E-state index is -0.560. The standard InChI is InChI=1S/C15H12FN3O3S/c1-18-14(21)13-11(6-7-23-13)19(15(18)22)8-12(20)17-10-4-2-9(16)3-5-10/h2-7H,8H2,1H3,(H,17,20). The van der Waals surface area contributed by atoms with Crippen molar-refractivity contribution in [3.8, 4) is 0 Å². The van der Waals surface area contributed by atoms with Crippen LogP contribution in [0.3, 0.4) is 0 Å². The Balaban J connectivity index is 1.94. The predicted molar refractivity (Wildman–Crippen MR) is 86.4 cm³/mol. The lowest BCUT2D eigenvalue weighted by Crippen LogP contribution is -2.39. The van der Waals surface area contributed by atoms with Gasteiger partial charge in [0.2, 0.25) is 5.91 Å². The highest BCUT2D eigenvalue weighted by Gasteiger charge is 2.14. The van der Waals surface area contributed by atoms with Crippen LogP contribution >= 0.6 is 11.3 Å². The monoisotopic (exact) mass is 333 g/mol. The number of carbonyl (C=O) groups excluding carboxylic acids is 1. The van der Waals surface area contributed by atoms with E-state index < -0.39 is 17.4 Å². The van der Waals surface area contributed by atoms with Crippen LogP contribution < -0.4 is 16.6 Å². The fourth-order valence-corrected chi connectivity index (χ4v) is 3.10. The number of hydrogen-bond donors (Lipinski definition) is 1. The van der Waals surface area contributed by atoms with Gasteiger partial charge in [0.1, 0.15) is 17.1 Å². The normalized spacial score (nSPS) is 10.9. The molecule has 3 rings (SSSR count). The number of amides is 1. The van der Waals surface area contributed by atoms with E-state index in [1.807, 2.05) is 0 Å². The van der Waals surface area contributed by atoms with Gasteiger partial charge < -0.3 is 5.32 Å². The average molecular weight is 333 g/mol. The first kappa shape index (κ1) is 15.2. The van der Waals surface area contributed by atoms with Crippen molar-refractivity contribution < 1.29 is 9.18 Å². The number of fused-ring (bicyclic) bond motifs is 1. The number of thiophene rings is 1. The molecular weight excluding hydrogens is 321 g/mol. The number of carbonyl (C=O) groups is 1. The summed E-state index contributed by atoms with van der Waals surface area (Å²) in [6.45, 7) is -0.239. The molecule has 0 spiro atoms. The lowest BCUT2D eigenvalue weighted by atomic mass is 10.3. The van der Waals surface area contributed by atoms with E-state index >= 15 is 0 Å². The number of aromatic nitrogens is 2. The molecule has 0 unspecified atom stereocenters. The van der Waals surface area contributed by atoms with Crippen molar-refractivity contribution in [1.82, 2.24) is 9.13 Å².